The van der Waals surface area contributed by atoms with Crippen LogP contribution in [0.2, 0.25) is 0 Å². The molecule has 192 valence electrons. The molecular weight excluding hydrogens is 458 g/mol. The van der Waals surface area contributed by atoms with Crippen molar-refractivity contribution in [3.05, 3.63) is 59.7 Å². The summed E-state index contributed by atoms with van der Waals surface area (Å²) in [5, 5.41) is 22.1. The Balaban J connectivity index is 0.000000444. The molecule has 0 bridgehead atoms. The quantitative estimate of drug-likeness (QED) is 0.333. The summed E-state index contributed by atoms with van der Waals surface area (Å²) < 4.78 is 5.55. The summed E-state index contributed by atoms with van der Waals surface area (Å²) in [5.41, 5.74) is 16.5. The minimum atomic E-state index is -1.10. The maximum Gasteiger partial charge on any atom is 0.404 e. The van der Waals surface area contributed by atoms with Gasteiger partial charge in [-0.1, -0.05) is 48.5 Å². The fraction of sp³-hybridized carbons (Fsp3) is 0.444. The number of esters is 1. The van der Waals surface area contributed by atoms with Crippen LogP contribution in [-0.4, -0.2) is 55.0 Å². The van der Waals surface area contributed by atoms with Gasteiger partial charge in [-0.2, -0.15) is 5.26 Å². The lowest BCUT2D eigenvalue weighted by molar-refractivity contribution is -0.145. The predicted octanol–water partition coefficient (Wildman–Crippen LogP) is 2.70. The maximum atomic E-state index is 12.3. The highest BCUT2D eigenvalue weighted by Gasteiger charge is 2.29. The van der Waals surface area contributed by atoms with Gasteiger partial charge in [-0.05, 0) is 60.9 Å². The lowest BCUT2D eigenvalue weighted by atomic mass is 9.98. The Kier molecular flexibility index (Phi) is 10.2. The normalized spacial score (nSPS) is 17.5. The van der Waals surface area contributed by atoms with Crippen LogP contribution in [0.4, 0.5) is 4.79 Å². The van der Waals surface area contributed by atoms with Crippen LogP contribution in [0.1, 0.15) is 49.1 Å². The second-order valence-electron chi connectivity index (χ2n) is 9.12. The minimum absolute atomic E-state index is 0.00839. The smallest absolute Gasteiger partial charge is 0.404 e. The van der Waals surface area contributed by atoms with E-state index in [1.807, 2.05) is 24.3 Å². The van der Waals surface area contributed by atoms with Crippen LogP contribution in [0.3, 0.4) is 0 Å². The fourth-order valence-corrected chi connectivity index (χ4v) is 4.54. The van der Waals surface area contributed by atoms with Crippen molar-refractivity contribution < 1.29 is 19.4 Å². The molecule has 7 N–H and O–H groups in total. The number of carbonyl (C=O) groups excluding carboxylic acids is 1. The van der Waals surface area contributed by atoms with E-state index >= 15 is 0 Å². The molecule has 1 aliphatic heterocycles. The summed E-state index contributed by atoms with van der Waals surface area (Å²) in [4.78, 5) is 22.8. The molecule has 1 heterocycles. The molecule has 2 aromatic rings. The lowest BCUT2D eigenvalue weighted by Crippen LogP contribution is -2.37. The van der Waals surface area contributed by atoms with Crippen molar-refractivity contribution >= 4 is 12.1 Å². The second kappa shape index (κ2) is 13.6. The van der Waals surface area contributed by atoms with E-state index in [-0.39, 0.29) is 31.2 Å². The van der Waals surface area contributed by atoms with Gasteiger partial charge in [-0.3, -0.25) is 4.79 Å². The van der Waals surface area contributed by atoms with Crippen molar-refractivity contribution in [1.82, 2.24) is 10.6 Å². The average Bonchev–Trinajstić information content (AvgIpc) is 3.53. The summed E-state index contributed by atoms with van der Waals surface area (Å²) in [6.45, 7) is 1.45. The second-order valence-corrected chi connectivity index (χ2v) is 9.12. The largest absolute Gasteiger partial charge is 0.465 e. The van der Waals surface area contributed by atoms with Crippen LogP contribution in [0.15, 0.2) is 48.5 Å². The number of rotatable bonds is 9. The van der Waals surface area contributed by atoms with Crippen molar-refractivity contribution in [3.63, 3.8) is 0 Å². The van der Waals surface area contributed by atoms with E-state index in [2.05, 4.69) is 41.0 Å². The highest BCUT2D eigenvalue weighted by Crippen LogP contribution is 2.44. The number of hydrogen-bond donors (Lipinski definition) is 5. The van der Waals surface area contributed by atoms with Gasteiger partial charge in [0.05, 0.1) is 12.1 Å². The van der Waals surface area contributed by atoms with E-state index in [1.54, 1.807) is 0 Å². The molecule has 2 aromatic carbocycles. The van der Waals surface area contributed by atoms with Gasteiger partial charge in [0, 0.05) is 18.5 Å². The van der Waals surface area contributed by atoms with Crippen LogP contribution in [0.25, 0.3) is 11.1 Å². The van der Waals surface area contributed by atoms with Gasteiger partial charge >= 0.3 is 12.1 Å². The van der Waals surface area contributed by atoms with Crippen LogP contribution in [0, 0.1) is 11.3 Å². The first-order valence-corrected chi connectivity index (χ1v) is 12.4. The highest BCUT2D eigenvalue weighted by molar-refractivity contribution is 5.79. The zero-order chi connectivity index (χ0) is 25.9. The first kappa shape index (κ1) is 27.1. The van der Waals surface area contributed by atoms with Gasteiger partial charge < -0.3 is 31.9 Å². The van der Waals surface area contributed by atoms with Crippen molar-refractivity contribution in [2.75, 3.05) is 19.7 Å². The molecular formula is C27H35N5O4. The van der Waals surface area contributed by atoms with Gasteiger partial charge in [0.25, 0.3) is 0 Å². The van der Waals surface area contributed by atoms with E-state index in [0.29, 0.717) is 19.3 Å². The number of nitrogens with one attached hydrogen (secondary N) is 2. The van der Waals surface area contributed by atoms with Crippen molar-refractivity contribution in [1.29, 1.82) is 5.26 Å². The first-order valence-electron chi connectivity index (χ1n) is 12.4. The number of nitrogens with two attached hydrogens (primary N) is 2. The van der Waals surface area contributed by atoms with Crippen molar-refractivity contribution in [3.8, 4) is 17.2 Å². The monoisotopic (exact) mass is 493 g/mol. The van der Waals surface area contributed by atoms with Crippen LogP contribution >= 0.6 is 0 Å². The number of ether oxygens (including phenoxy) is 1. The molecule has 0 saturated carbocycles. The number of fused-ring (bicyclic) bond motifs is 3. The molecule has 1 saturated heterocycles. The molecule has 4 rings (SSSR count). The van der Waals surface area contributed by atoms with Gasteiger partial charge in [-0.15, -0.1) is 0 Å². The number of amides is 1. The minimum Gasteiger partial charge on any atom is -0.465 e. The summed E-state index contributed by atoms with van der Waals surface area (Å²) in [7, 11) is 0. The molecule has 9 nitrogen and oxygen atoms in total. The number of hydrogen-bond acceptors (Lipinski definition) is 7. The standard InChI is InChI=1S/C22H27N3O4.C5H8N2/c23-14(12-25-22(27)28)6-5-11-20(24)21(26)29-13-19-17-9-3-1-7-15(17)16-8-2-4-10-18(16)19;6-4-5-2-1-3-7-5/h1-4,7-10,14,19-20,25H,5-6,11-13,23-24H2,(H,27,28);5,7H,1-3H2/t14-,20?;/m0./s1. The van der Waals surface area contributed by atoms with Crippen LogP contribution < -0.4 is 22.1 Å². The van der Waals surface area contributed by atoms with E-state index in [4.69, 9.17) is 26.6 Å². The van der Waals surface area contributed by atoms with Gasteiger partial charge in [-0.25, -0.2) is 4.79 Å². The van der Waals surface area contributed by atoms with E-state index < -0.39 is 18.1 Å². The molecule has 0 spiro atoms. The molecule has 1 amide bonds. The SMILES string of the molecule is N#CC1CCCN1.NC(CCC[C@H](N)CNC(=O)O)C(=O)OCC1c2ccccc2-c2ccccc21. The van der Waals surface area contributed by atoms with Crippen molar-refractivity contribution in [2.24, 2.45) is 11.5 Å². The summed E-state index contributed by atoms with van der Waals surface area (Å²) in [6.07, 6.45) is 2.74. The van der Waals surface area contributed by atoms with E-state index in [1.165, 1.54) is 11.1 Å². The summed E-state index contributed by atoms with van der Waals surface area (Å²) >= 11 is 0. The molecule has 0 aromatic heterocycles. The number of nitrogens with zero attached hydrogens (tertiary/aromatic N) is 1. The molecule has 2 unspecified atom stereocenters. The molecule has 0 radical (unpaired) electrons. The Morgan fingerprint density at radius 2 is 1.75 bits per heavy atom. The number of carboxylic acid groups (broad SMARTS) is 1. The zero-order valence-electron chi connectivity index (χ0n) is 20.4. The Bertz CT molecular complexity index is 1020. The summed E-state index contributed by atoms with van der Waals surface area (Å²) in [5.74, 6) is -0.418. The zero-order valence-corrected chi connectivity index (χ0v) is 20.4. The lowest BCUT2D eigenvalue weighted by Gasteiger charge is -2.17. The molecule has 3 atom stereocenters. The molecule has 9 heteroatoms. The fourth-order valence-electron chi connectivity index (χ4n) is 4.54. The number of carbonyl (C=O) groups is 2. The third kappa shape index (κ3) is 7.52. The topological polar surface area (TPSA) is 163 Å². The third-order valence-electron chi connectivity index (χ3n) is 6.48. The Hall–Kier alpha value is -3.45. The van der Waals surface area contributed by atoms with Gasteiger partial charge in [0.1, 0.15) is 12.6 Å². The van der Waals surface area contributed by atoms with Crippen LogP contribution in [-0.2, 0) is 9.53 Å². The average molecular weight is 494 g/mol. The Labute approximate surface area is 211 Å². The molecule has 1 aliphatic carbocycles. The Morgan fingerprint density at radius 3 is 2.28 bits per heavy atom. The summed E-state index contributed by atoms with van der Waals surface area (Å²) in [6, 6.07) is 17.6. The number of benzene rings is 2. The molecule has 36 heavy (non-hydrogen) atoms. The molecule has 1 fully saturated rings. The van der Waals surface area contributed by atoms with Crippen LogP contribution in [0.5, 0.6) is 0 Å². The number of nitriles is 1. The third-order valence-corrected chi connectivity index (χ3v) is 6.48. The first-order chi connectivity index (χ1) is 17.4. The van der Waals surface area contributed by atoms with Gasteiger partial charge in [0.2, 0.25) is 0 Å². The van der Waals surface area contributed by atoms with E-state index in [0.717, 1.165) is 30.5 Å². The maximum absolute atomic E-state index is 12.3. The van der Waals surface area contributed by atoms with Gasteiger partial charge in [0.15, 0.2) is 0 Å². The van der Waals surface area contributed by atoms with E-state index in [9.17, 15) is 9.59 Å². The molecule has 2 aliphatic rings. The highest BCUT2D eigenvalue weighted by atomic mass is 16.5. The Morgan fingerprint density at radius 1 is 1.11 bits per heavy atom. The predicted molar refractivity (Wildman–Crippen MR) is 137 cm³/mol. The van der Waals surface area contributed by atoms with Crippen molar-refractivity contribution in [2.45, 2.75) is 56.1 Å².